The first-order valence-electron chi connectivity index (χ1n) is 15.4. The highest BCUT2D eigenvalue weighted by Gasteiger charge is 2.30. The first-order chi connectivity index (χ1) is 22.0. The largest absolute Gasteiger partial charge is 0.366 e. The summed E-state index contributed by atoms with van der Waals surface area (Å²) in [6, 6.07) is 12.0. The normalized spacial score (nSPS) is 13.6. The van der Waals surface area contributed by atoms with E-state index in [0.717, 1.165) is 11.1 Å². The number of halogens is 1. The van der Waals surface area contributed by atoms with Crippen molar-refractivity contribution in [3.8, 4) is 23.0 Å². The lowest BCUT2D eigenvalue weighted by Crippen LogP contribution is -2.49. The van der Waals surface area contributed by atoms with Crippen molar-refractivity contribution in [2.75, 3.05) is 45.2 Å². The quantitative estimate of drug-likeness (QED) is 0.232. The lowest BCUT2D eigenvalue weighted by molar-refractivity contribution is -0.126. The van der Waals surface area contributed by atoms with E-state index >= 15 is 0 Å². The molecule has 1 amide bonds. The summed E-state index contributed by atoms with van der Waals surface area (Å²) in [7, 11) is 4.00. The van der Waals surface area contributed by atoms with E-state index < -0.39 is 5.56 Å². The van der Waals surface area contributed by atoms with Crippen LogP contribution in [0.5, 0.6) is 0 Å². The Labute approximate surface area is 274 Å². The minimum Gasteiger partial charge on any atom is -0.366 e. The molecule has 1 aliphatic rings. The van der Waals surface area contributed by atoms with Crippen LogP contribution in [-0.4, -0.2) is 75.5 Å². The molecule has 0 spiro atoms. The van der Waals surface area contributed by atoms with Gasteiger partial charge in [-0.05, 0) is 43.6 Å². The molecule has 0 atom stereocenters. The summed E-state index contributed by atoms with van der Waals surface area (Å²) in [5.41, 5.74) is 4.60. The summed E-state index contributed by atoms with van der Waals surface area (Å²) in [6.07, 6.45) is 2.82. The predicted octanol–water partition coefficient (Wildman–Crippen LogP) is 5.51. The second-order valence-corrected chi connectivity index (χ2v) is 12.8. The number of anilines is 1. The van der Waals surface area contributed by atoms with E-state index in [2.05, 4.69) is 27.5 Å². The highest BCUT2D eigenvalue weighted by Crippen LogP contribution is 2.38. The third kappa shape index (κ3) is 6.00. The molecule has 11 heteroatoms. The third-order valence-electron chi connectivity index (χ3n) is 8.23. The van der Waals surface area contributed by atoms with Gasteiger partial charge in [-0.2, -0.15) is 5.26 Å². The Balaban J connectivity index is 1.90. The van der Waals surface area contributed by atoms with E-state index in [1.165, 1.54) is 17.0 Å². The fraction of sp³-hybridized carbons (Fsp3) is 0.371. The Bertz CT molecular complexity index is 1890. The number of pyridine rings is 2. The van der Waals surface area contributed by atoms with E-state index in [1.807, 2.05) is 77.0 Å². The van der Waals surface area contributed by atoms with E-state index in [4.69, 9.17) is 16.6 Å². The monoisotopic (exact) mass is 638 g/mol. The number of carbonyl (C=O) groups is 1. The molecule has 0 aliphatic carbocycles. The van der Waals surface area contributed by atoms with Crippen LogP contribution >= 0.6 is 11.6 Å². The van der Waals surface area contributed by atoms with Gasteiger partial charge >= 0.3 is 0 Å². The molecule has 0 bridgehead atoms. The minimum absolute atomic E-state index is 0.0251. The number of amides is 1. The molecule has 1 saturated heterocycles. The highest BCUT2D eigenvalue weighted by atomic mass is 35.5. The Kier molecular flexibility index (Phi) is 9.56. The van der Waals surface area contributed by atoms with Gasteiger partial charge in [-0.3, -0.25) is 14.2 Å². The van der Waals surface area contributed by atoms with Gasteiger partial charge in [-0.25, -0.2) is 15.0 Å². The summed E-state index contributed by atoms with van der Waals surface area (Å²) in [5, 5.41) is 11.5. The van der Waals surface area contributed by atoms with Gasteiger partial charge in [-0.15, -0.1) is 0 Å². The SMILES string of the molecule is C=CC(=O)N1CCN(c2c(C#N)c(=O)n(-c3c(C(C)C)ncnc3C(C)C)c3nc(-c4ccccc4CN(C)C)c(Cl)cc23)CC1. The molecule has 4 aromatic rings. The Morgan fingerprint density at radius 1 is 1.07 bits per heavy atom. The lowest BCUT2D eigenvalue weighted by Gasteiger charge is -2.36. The van der Waals surface area contributed by atoms with Gasteiger partial charge in [0, 0.05) is 43.7 Å². The number of carbonyl (C=O) groups excluding carboxylic acids is 1. The van der Waals surface area contributed by atoms with Crippen LogP contribution in [0.4, 0.5) is 5.69 Å². The van der Waals surface area contributed by atoms with E-state index in [-0.39, 0.29) is 23.3 Å². The Hall–Kier alpha value is -4.59. The van der Waals surface area contributed by atoms with Gasteiger partial charge in [0.25, 0.3) is 5.56 Å². The van der Waals surface area contributed by atoms with Crippen molar-refractivity contribution in [3.05, 3.63) is 87.2 Å². The molecule has 1 fully saturated rings. The number of nitriles is 1. The summed E-state index contributed by atoms with van der Waals surface area (Å²) in [6.45, 7) is 14.0. The Morgan fingerprint density at radius 3 is 2.26 bits per heavy atom. The fourth-order valence-electron chi connectivity index (χ4n) is 6.08. The van der Waals surface area contributed by atoms with Gasteiger partial charge < -0.3 is 14.7 Å². The van der Waals surface area contributed by atoms with Gasteiger partial charge in [0.2, 0.25) is 5.91 Å². The summed E-state index contributed by atoms with van der Waals surface area (Å²) in [4.78, 5) is 47.2. The van der Waals surface area contributed by atoms with Crippen molar-refractivity contribution in [2.45, 2.75) is 46.1 Å². The number of hydrogen-bond acceptors (Lipinski definition) is 8. The molecule has 0 N–H and O–H groups in total. The molecular weight excluding hydrogens is 600 g/mol. The average Bonchev–Trinajstić information content (AvgIpc) is 3.03. The minimum atomic E-state index is -0.504. The third-order valence-corrected chi connectivity index (χ3v) is 8.51. The fourth-order valence-corrected chi connectivity index (χ4v) is 6.34. The average molecular weight is 639 g/mol. The van der Waals surface area contributed by atoms with Crippen LogP contribution in [0.1, 0.15) is 62.0 Å². The zero-order valence-corrected chi connectivity index (χ0v) is 28.0. The lowest BCUT2D eigenvalue weighted by atomic mass is 9.99. The van der Waals surface area contributed by atoms with Crippen LogP contribution in [0.25, 0.3) is 28.0 Å². The number of aromatic nitrogens is 4. The van der Waals surface area contributed by atoms with E-state index in [0.29, 0.717) is 77.2 Å². The molecule has 46 heavy (non-hydrogen) atoms. The van der Waals surface area contributed by atoms with Gasteiger partial charge in [0.1, 0.15) is 23.6 Å². The van der Waals surface area contributed by atoms with E-state index in [1.54, 1.807) is 4.90 Å². The topological polar surface area (TPSA) is 111 Å². The van der Waals surface area contributed by atoms with Crippen LogP contribution in [0.15, 0.2) is 54.1 Å². The highest BCUT2D eigenvalue weighted by molar-refractivity contribution is 6.34. The molecule has 1 aliphatic heterocycles. The second-order valence-electron chi connectivity index (χ2n) is 12.4. The maximum Gasteiger partial charge on any atom is 0.276 e. The molecule has 0 saturated carbocycles. The van der Waals surface area contributed by atoms with Crippen LogP contribution in [-0.2, 0) is 11.3 Å². The molecular formula is C35H39ClN8O2. The second kappa shape index (κ2) is 13.4. The first-order valence-corrected chi connectivity index (χ1v) is 15.8. The number of nitrogens with zero attached hydrogens (tertiary/aromatic N) is 8. The molecule has 3 aromatic heterocycles. The van der Waals surface area contributed by atoms with Crippen molar-refractivity contribution in [2.24, 2.45) is 0 Å². The summed E-state index contributed by atoms with van der Waals surface area (Å²) >= 11 is 7.08. The van der Waals surface area contributed by atoms with Gasteiger partial charge in [0.05, 0.1) is 33.5 Å². The predicted molar refractivity (Wildman–Crippen MR) is 183 cm³/mol. The number of rotatable bonds is 8. The van der Waals surface area contributed by atoms with Crippen LogP contribution in [0, 0.1) is 11.3 Å². The van der Waals surface area contributed by atoms with Crippen molar-refractivity contribution in [3.63, 3.8) is 0 Å². The molecule has 0 radical (unpaired) electrons. The zero-order valence-electron chi connectivity index (χ0n) is 27.2. The molecule has 5 rings (SSSR count). The van der Waals surface area contributed by atoms with Gasteiger partial charge in [-0.1, -0.05) is 70.1 Å². The maximum absolute atomic E-state index is 14.7. The smallest absolute Gasteiger partial charge is 0.276 e. The van der Waals surface area contributed by atoms with Crippen LogP contribution < -0.4 is 10.5 Å². The van der Waals surface area contributed by atoms with Crippen molar-refractivity contribution in [1.82, 2.24) is 29.3 Å². The van der Waals surface area contributed by atoms with Crippen molar-refractivity contribution < 1.29 is 4.79 Å². The molecule has 238 valence electrons. The van der Waals surface area contributed by atoms with Crippen molar-refractivity contribution in [1.29, 1.82) is 5.26 Å². The maximum atomic E-state index is 14.7. The Morgan fingerprint density at radius 2 is 1.70 bits per heavy atom. The summed E-state index contributed by atoms with van der Waals surface area (Å²) < 4.78 is 1.52. The molecule has 4 heterocycles. The molecule has 10 nitrogen and oxygen atoms in total. The standard InChI is InChI=1S/C35H39ClN8O2/c1-8-28(45)42-13-15-43(16-14-42)32-25-17-27(36)31(24-12-10-9-11-23(24)19-41(6)7)40-34(25)44(35(46)26(32)18-37)33-29(21(2)3)38-20-39-30(33)22(4)5/h8-12,17,20-22H,1,13-16,19H2,2-7H3. The van der Waals surface area contributed by atoms with Crippen LogP contribution in [0.3, 0.4) is 0 Å². The molecule has 1 aromatic carbocycles. The number of fused-ring (bicyclic) bond motifs is 1. The van der Waals surface area contributed by atoms with Crippen molar-refractivity contribution >= 4 is 34.2 Å². The number of piperazine rings is 1. The number of hydrogen-bond donors (Lipinski definition) is 0. The number of benzene rings is 1. The summed E-state index contributed by atoms with van der Waals surface area (Å²) in [5.74, 6) is -0.255. The van der Waals surface area contributed by atoms with Gasteiger partial charge in [0.15, 0.2) is 0 Å². The van der Waals surface area contributed by atoms with Crippen LogP contribution in [0.2, 0.25) is 5.02 Å². The molecule has 0 unspecified atom stereocenters. The van der Waals surface area contributed by atoms with E-state index in [9.17, 15) is 14.9 Å². The first kappa shape index (κ1) is 32.8. The zero-order chi connectivity index (χ0) is 33.3.